The van der Waals surface area contributed by atoms with Crippen LogP contribution in [0.5, 0.6) is 0 Å². The highest BCUT2D eigenvalue weighted by molar-refractivity contribution is 5.90. The molecule has 3 atom stereocenters. The fourth-order valence-corrected chi connectivity index (χ4v) is 3.99. The van der Waals surface area contributed by atoms with Crippen molar-refractivity contribution in [2.45, 2.75) is 25.4 Å². The highest BCUT2D eigenvalue weighted by Gasteiger charge is 2.47. The third-order valence-electron chi connectivity index (χ3n) is 5.50. The summed E-state index contributed by atoms with van der Waals surface area (Å²) in [6, 6.07) is 6.06. The van der Waals surface area contributed by atoms with Crippen LogP contribution in [0.3, 0.4) is 0 Å². The second-order valence-corrected chi connectivity index (χ2v) is 6.77. The largest absolute Gasteiger partial charge is 0.432 e. The summed E-state index contributed by atoms with van der Waals surface area (Å²) in [6.07, 6.45) is 4.09. The minimum absolute atomic E-state index is 0.105. The van der Waals surface area contributed by atoms with Crippen LogP contribution in [0.4, 0.5) is 0 Å². The summed E-state index contributed by atoms with van der Waals surface area (Å²) in [4.78, 5) is 25.2. The van der Waals surface area contributed by atoms with Crippen molar-refractivity contribution in [3.63, 3.8) is 0 Å². The van der Waals surface area contributed by atoms with Crippen LogP contribution in [0, 0.1) is 17.2 Å². The molecule has 7 heteroatoms. The number of carbonyl (C=O) groups is 1. The number of carbonyl (C=O) groups excluding carboxylic acids is 1. The number of hydrogen-bond donors (Lipinski definition) is 0. The van der Waals surface area contributed by atoms with Gasteiger partial charge < -0.3 is 14.2 Å². The third-order valence-corrected chi connectivity index (χ3v) is 5.50. The zero-order valence-electron chi connectivity index (χ0n) is 14.2. The zero-order valence-corrected chi connectivity index (χ0v) is 14.2. The molecular weight excluding hydrogens is 318 g/mol. The summed E-state index contributed by atoms with van der Waals surface area (Å²) in [5, 5.41) is 8.95. The molecule has 4 rings (SSSR count). The molecule has 1 amide bonds. The molecular formula is C18H19N5O2. The Morgan fingerprint density at radius 1 is 1.44 bits per heavy atom. The standard InChI is InChI=1S/C18H19N5O2/c1-11-14-4-6-23(15(14)10-22(11)2)18(24)17-21-9-16(25-17)12-3-5-20-13(7-12)8-19/h3,5,7,9,11,14-15H,4,6,10H2,1-2H3. The molecule has 0 N–H and O–H groups in total. The van der Waals surface area contributed by atoms with E-state index >= 15 is 0 Å². The molecule has 128 valence electrons. The first-order valence-electron chi connectivity index (χ1n) is 8.42. The van der Waals surface area contributed by atoms with Crippen LogP contribution in [0.1, 0.15) is 29.7 Å². The number of pyridine rings is 1. The number of likely N-dealkylation sites (tertiary alicyclic amines) is 2. The van der Waals surface area contributed by atoms with Gasteiger partial charge in [-0.3, -0.25) is 4.79 Å². The number of oxazole rings is 1. The molecule has 25 heavy (non-hydrogen) atoms. The fraction of sp³-hybridized carbons (Fsp3) is 0.444. The minimum Gasteiger partial charge on any atom is -0.432 e. The van der Waals surface area contributed by atoms with Gasteiger partial charge >= 0.3 is 5.91 Å². The maximum Gasteiger partial charge on any atom is 0.310 e. The highest BCUT2D eigenvalue weighted by atomic mass is 16.4. The van der Waals surface area contributed by atoms with Gasteiger partial charge in [0.1, 0.15) is 11.8 Å². The molecule has 0 saturated carbocycles. The van der Waals surface area contributed by atoms with E-state index in [4.69, 9.17) is 9.68 Å². The van der Waals surface area contributed by atoms with Gasteiger partial charge in [-0.15, -0.1) is 0 Å². The van der Waals surface area contributed by atoms with Crippen molar-refractivity contribution in [1.82, 2.24) is 19.8 Å². The lowest BCUT2D eigenvalue weighted by Gasteiger charge is -2.22. The Bertz CT molecular complexity index is 855. The van der Waals surface area contributed by atoms with Crippen molar-refractivity contribution in [3.8, 4) is 17.4 Å². The number of nitrogens with zero attached hydrogens (tertiary/aromatic N) is 5. The third kappa shape index (κ3) is 2.59. The van der Waals surface area contributed by atoms with Crippen LogP contribution < -0.4 is 0 Å². The molecule has 2 aromatic rings. The lowest BCUT2D eigenvalue weighted by molar-refractivity contribution is 0.0690. The Labute approximate surface area is 145 Å². The van der Waals surface area contributed by atoms with Crippen molar-refractivity contribution in [1.29, 1.82) is 5.26 Å². The van der Waals surface area contributed by atoms with Crippen molar-refractivity contribution in [2.24, 2.45) is 5.92 Å². The molecule has 3 unspecified atom stereocenters. The van der Waals surface area contributed by atoms with Crippen LogP contribution in [0.25, 0.3) is 11.3 Å². The Hall–Kier alpha value is -2.72. The molecule has 7 nitrogen and oxygen atoms in total. The first-order valence-corrected chi connectivity index (χ1v) is 8.42. The molecule has 2 saturated heterocycles. The van der Waals surface area contributed by atoms with E-state index in [1.807, 2.05) is 11.0 Å². The molecule has 2 aliphatic rings. The number of hydrogen-bond acceptors (Lipinski definition) is 6. The van der Waals surface area contributed by atoms with Gasteiger partial charge in [-0.25, -0.2) is 9.97 Å². The molecule has 2 aliphatic heterocycles. The average Bonchev–Trinajstić information content (AvgIpc) is 3.33. The second kappa shape index (κ2) is 5.97. The van der Waals surface area contributed by atoms with E-state index < -0.39 is 0 Å². The van der Waals surface area contributed by atoms with E-state index in [0.29, 0.717) is 29.0 Å². The molecule has 4 heterocycles. The predicted octanol–water partition coefficient (Wildman–Crippen LogP) is 1.77. The van der Waals surface area contributed by atoms with Crippen molar-refractivity contribution < 1.29 is 9.21 Å². The molecule has 0 aliphatic carbocycles. The summed E-state index contributed by atoms with van der Waals surface area (Å²) in [6.45, 7) is 3.86. The number of aromatic nitrogens is 2. The fourth-order valence-electron chi connectivity index (χ4n) is 3.99. The van der Waals surface area contributed by atoms with Crippen LogP contribution in [-0.4, -0.2) is 57.9 Å². The normalized spacial score (nSPS) is 25.8. The van der Waals surface area contributed by atoms with Crippen molar-refractivity contribution >= 4 is 5.91 Å². The number of likely N-dealkylation sites (N-methyl/N-ethyl adjacent to an activating group) is 1. The quantitative estimate of drug-likeness (QED) is 0.830. The SMILES string of the molecule is CC1C2CCN(C(=O)c3ncc(-c4ccnc(C#N)c4)o3)C2CN1C. The zero-order chi connectivity index (χ0) is 17.6. The molecule has 0 radical (unpaired) electrons. The first-order chi connectivity index (χ1) is 12.1. The summed E-state index contributed by atoms with van der Waals surface area (Å²) in [7, 11) is 2.10. The molecule has 0 aromatic carbocycles. The second-order valence-electron chi connectivity index (χ2n) is 6.77. The average molecular weight is 337 g/mol. The van der Waals surface area contributed by atoms with E-state index in [1.165, 1.54) is 6.20 Å². The van der Waals surface area contributed by atoms with Gasteiger partial charge in [0, 0.05) is 36.9 Å². The van der Waals surface area contributed by atoms with Gasteiger partial charge in [-0.2, -0.15) is 5.26 Å². The van der Waals surface area contributed by atoms with Gasteiger partial charge in [0.2, 0.25) is 0 Å². The maximum absolute atomic E-state index is 12.9. The van der Waals surface area contributed by atoms with Crippen LogP contribution >= 0.6 is 0 Å². The highest BCUT2D eigenvalue weighted by Crippen LogP contribution is 2.36. The monoisotopic (exact) mass is 337 g/mol. The number of fused-ring (bicyclic) bond motifs is 1. The molecule has 2 aromatic heterocycles. The maximum atomic E-state index is 12.9. The number of nitriles is 1. The molecule has 2 fully saturated rings. The molecule has 0 spiro atoms. The van der Waals surface area contributed by atoms with Crippen LogP contribution in [0.15, 0.2) is 28.9 Å². The minimum atomic E-state index is -0.157. The molecule has 0 bridgehead atoms. The first kappa shape index (κ1) is 15.8. The van der Waals surface area contributed by atoms with E-state index in [1.54, 1.807) is 18.3 Å². The Morgan fingerprint density at radius 3 is 3.08 bits per heavy atom. The lowest BCUT2D eigenvalue weighted by Crippen LogP contribution is -2.39. The number of rotatable bonds is 2. The van der Waals surface area contributed by atoms with E-state index in [2.05, 4.69) is 28.8 Å². The van der Waals surface area contributed by atoms with Gasteiger partial charge in [0.25, 0.3) is 5.89 Å². The van der Waals surface area contributed by atoms with Gasteiger partial charge in [-0.05, 0) is 38.4 Å². The Balaban J connectivity index is 1.56. The van der Waals surface area contributed by atoms with Crippen molar-refractivity contribution in [2.75, 3.05) is 20.1 Å². The summed E-state index contributed by atoms with van der Waals surface area (Å²) in [5.41, 5.74) is 0.985. The topological polar surface area (TPSA) is 86.3 Å². The summed E-state index contributed by atoms with van der Waals surface area (Å²) in [5.74, 6) is 0.931. The van der Waals surface area contributed by atoms with Crippen molar-refractivity contribution in [3.05, 3.63) is 36.1 Å². The van der Waals surface area contributed by atoms with Crippen LogP contribution in [0.2, 0.25) is 0 Å². The summed E-state index contributed by atoms with van der Waals surface area (Å²) < 4.78 is 5.69. The van der Waals surface area contributed by atoms with Gasteiger partial charge in [0.15, 0.2) is 5.76 Å². The summed E-state index contributed by atoms with van der Waals surface area (Å²) >= 11 is 0. The van der Waals surface area contributed by atoms with E-state index in [0.717, 1.165) is 19.5 Å². The Morgan fingerprint density at radius 2 is 2.28 bits per heavy atom. The van der Waals surface area contributed by atoms with Crippen LogP contribution in [-0.2, 0) is 0 Å². The predicted molar refractivity (Wildman–Crippen MR) is 89.5 cm³/mol. The van der Waals surface area contributed by atoms with Gasteiger partial charge in [-0.1, -0.05) is 0 Å². The van der Waals surface area contributed by atoms with E-state index in [-0.39, 0.29) is 17.8 Å². The Kier molecular flexibility index (Phi) is 3.77. The smallest absolute Gasteiger partial charge is 0.310 e. The lowest BCUT2D eigenvalue weighted by atomic mass is 9.98. The van der Waals surface area contributed by atoms with E-state index in [9.17, 15) is 4.79 Å². The van der Waals surface area contributed by atoms with Gasteiger partial charge in [0.05, 0.1) is 6.20 Å². The number of amides is 1.